The normalized spacial score (nSPS) is 15.9. The molecule has 4 rings (SSSR count). The average Bonchev–Trinajstić information content (AvgIpc) is 3.33. The third-order valence-electron chi connectivity index (χ3n) is 6.15. The maximum absolute atomic E-state index is 12.6. The molecule has 2 heterocycles. The van der Waals surface area contributed by atoms with Crippen molar-refractivity contribution in [2.24, 2.45) is 0 Å². The molecule has 1 aromatic heterocycles. The second kappa shape index (κ2) is 10.6. The van der Waals surface area contributed by atoms with Crippen LogP contribution in [0.2, 0.25) is 0 Å². The van der Waals surface area contributed by atoms with E-state index in [1.165, 1.54) is 16.7 Å². The van der Waals surface area contributed by atoms with Crippen LogP contribution in [0.3, 0.4) is 0 Å². The minimum absolute atomic E-state index is 0.154. The molecule has 1 atom stereocenters. The molecular weight excluding hydrogens is 410 g/mol. The Balaban J connectivity index is 1.46. The Morgan fingerprint density at radius 2 is 1.88 bits per heavy atom. The summed E-state index contributed by atoms with van der Waals surface area (Å²) in [5, 5.41) is 0. The van der Waals surface area contributed by atoms with Crippen molar-refractivity contribution in [2.45, 2.75) is 45.9 Å². The van der Waals surface area contributed by atoms with E-state index < -0.39 is 0 Å². The first-order valence-electron chi connectivity index (χ1n) is 11.8. The van der Waals surface area contributed by atoms with E-state index in [1.54, 1.807) is 12.3 Å². The summed E-state index contributed by atoms with van der Waals surface area (Å²) in [7, 11) is 0. The zero-order chi connectivity index (χ0) is 23.2. The standard InChI is InChI=1S/C28H33N3O2/c1-4-30(19-22-10-8-13-24(18-22)23-11-6-5-7-12-23)25-15-17-31(20-25)27-26(14-9-16-29-27)28(32)33-21(2)3/h5-14,16,18,21,25H,4,15,17,19-20H2,1-3H3/t25-/m1/s1. The predicted molar refractivity (Wildman–Crippen MR) is 133 cm³/mol. The van der Waals surface area contributed by atoms with Crippen LogP contribution in [0.25, 0.3) is 11.1 Å². The average molecular weight is 444 g/mol. The molecule has 5 nitrogen and oxygen atoms in total. The lowest BCUT2D eigenvalue weighted by Crippen LogP contribution is -2.37. The van der Waals surface area contributed by atoms with Gasteiger partial charge >= 0.3 is 5.97 Å². The van der Waals surface area contributed by atoms with Crippen LogP contribution >= 0.6 is 0 Å². The van der Waals surface area contributed by atoms with Gasteiger partial charge in [-0.2, -0.15) is 0 Å². The molecule has 0 unspecified atom stereocenters. The van der Waals surface area contributed by atoms with Gasteiger partial charge in [-0.15, -0.1) is 0 Å². The zero-order valence-electron chi connectivity index (χ0n) is 19.8. The number of hydrogen-bond acceptors (Lipinski definition) is 5. The fraction of sp³-hybridized carbons (Fsp3) is 0.357. The van der Waals surface area contributed by atoms with Crippen LogP contribution in [0.5, 0.6) is 0 Å². The van der Waals surface area contributed by atoms with Crippen LogP contribution < -0.4 is 4.90 Å². The first-order valence-corrected chi connectivity index (χ1v) is 11.8. The van der Waals surface area contributed by atoms with Crippen LogP contribution in [0.1, 0.15) is 43.1 Å². The van der Waals surface area contributed by atoms with Gasteiger partial charge in [0.2, 0.25) is 0 Å². The van der Waals surface area contributed by atoms with Crippen LogP contribution in [0.4, 0.5) is 5.82 Å². The Morgan fingerprint density at radius 3 is 2.64 bits per heavy atom. The summed E-state index contributed by atoms with van der Waals surface area (Å²) in [5.74, 6) is 0.425. The van der Waals surface area contributed by atoms with Gasteiger partial charge in [0.1, 0.15) is 11.4 Å². The first kappa shape index (κ1) is 23.0. The highest BCUT2D eigenvalue weighted by atomic mass is 16.5. The summed E-state index contributed by atoms with van der Waals surface area (Å²) in [6.07, 6.45) is 2.64. The number of rotatable bonds is 8. The topological polar surface area (TPSA) is 45.7 Å². The predicted octanol–water partition coefficient (Wildman–Crippen LogP) is 5.41. The minimum atomic E-state index is -0.304. The van der Waals surface area contributed by atoms with Crippen LogP contribution in [0.15, 0.2) is 72.9 Å². The van der Waals surface area contributed by atoms with Gasteiger partial charge in [0, 0.05) is 31.9 Å². The molecule has 3 aromatic rings. The Hall–Kier alpha value is -3.18. The molecule has 1 aliphatic heterocycles. The third-order valence-corrected chi connectivity index (χ3v) is 6.15. The Morgan fingerprint density at radius 1 is 1.09 bits per heavy atom. The van der Waals surface area contributed by atoms with Crippen molar-refractivity contribution in [3.8, 4) is 11.1 Å². The third kappa shape index (κ3) is 5.60. The fourth-order valence-electron chi connectivity index (χ4n) is 4.53. The molecule has 2 aromatic carbocycles. The van der Waals surface area contributed by atoms with E-state index in [9.17, 15) is 4.79 Å². The largest absolute Gasteiger partial charge is 0.459 e. The second-order valence-corrected chi connectivity index (χ2v) is 8.85. The first-order chi connectivity index (χ1) is 16.0. The van der Waals surface area contributed by atoms with E-state index >= 15 is 0 Å². The number of nitrogens with zero attached hydrogens (tertiary/aromatic N) is 3. The van der Waals surface area contributed by atoms with Crippen molar-refractivity contribution in [1.29, 1.82) is 0 Å². The number of esters is 1. The van der Waals surface area contributed by atoms with Crippen molar-refractivity contribution in [3.05, 3.63) is 84.1 Å². The Kier molecular flexibility index (Phi) is 7.40. The lowest BCUT2D eigenvalue weighted by atomic mass is 10.0. The summed E-state index contributed by atoms with van der Waals surface area (Å²) < 4.78 is 5.44. The summed E-state index contributed by atoms with van der Waals surface area (Å²) in [4.78, 5) is 21.9. The van der Waals surface area contributed by atoms with Crippen molar-refractivity contribution < 1.29 is 9.53 Å². The van der Waals surface area contributed by atoms with E-state index in [4.69, 9.17) is 4.74 Å². The molecule has 0 spiro atoms. The van der Waals surface area contributed by atoms with Gasteiger partial charge in [-0.25, -0.2) is 9.78 Å². The van der Waals surface area contributed by atoms with Crippen molar-refractivity contribution >= 4 is 11.8 Å². The van der Waals surface area contributed by atoms with Gasteiger partial charge < -0.3 is 9.64 Å². The number of benzene rings is 2. The molecule has 1 aliphatic rings. The molecule has 0 saturated carbocycles. The number of aromatic nitrogens is 1. The van der Waals surface area contributed by atoms with Crippen LogP contribution in [-0.4, -0.2) is 47.6 Å². The summed E-state index contributed by atoms with van der Waals surface area (Å²) >= 11 is 0. The Bertz CT molecular complexity index is 1070. The molecule has 1 fully saturated rings. The van der Waals surface area contributed by atoms with E-state index in [-0.39, 0.29) is 12.1 Å². The maximum atomic E-state index is 12.6. The highest BCUT2D eigenvalue weighted by Gasteiger charge is 2.30. The van der Waals surface area contributed by atoms with E-state index in [1.807, 2.05) is 26.0 Å². The van der Waals surface area contributed by atoms with Gasteiger partial charge in [-0.1, -0.05) is 55.5 Å². The summed E-state index contributed by atoms with van der Waals surface area (Å²) in [5.41, 5.74) is 4.35. The molecular formula is C28H33N3O2. The fourth-order valence-corrected chi connectivity index (χ4v) is 4.53. The van der Waals surface area contributed by atoms with E-state index in [0.717, 1.165) is 38.4 Å². The zero-order valence-corrected chi connectivity index (χ0v) is 19.8. The molecule has 0 amide bonds. The summed E-state index contributed by atoms with van der Waals surface area (Å²) in [6, 6.07) is 23.4. The van der Waals surface area contributed by atoms with Gasteiger partial charge in [-0.05, 0) is 61.7 Å². The smallest absolute Gasteiger partial charge is 0.342 e. The van der Waals surface area contributed by atoms with Crippen molar-refractivity contribution in [2.75, 3.05) is 24.5 Å². The Labute approximate surface area is 197 Å². The molecule has 0 aliphatic carbocycles. The molecule has 0 bridgehead atoms. The number of carbonyl (C=O) groups is 1. The second-order valence-electron chi connectivity index (χ2n) is 8.85. The lowest BCUT2D eigenvalue weighted by molar-refractivity contribution is 0.0378. The number of likely N-dealkylation sites (N-methyl/N-ethyl adjacent to an activating group) is 1. The lowest BCUT2D eigenvalue weighted by Gasteiger charge is -2.28. The number of anilines is 1. The van der Waals surface area contributed by atoms with Gasteiger partial charge in [0.15, 0.2) is 0 Å². The minimum Gasteiger partial charge on any atom is -0.459 e. The SMILES string of the molecule is CCN(Cc1cccc(-c2ccccc2)c1)[C@@H]1CCN(c2ncccc2C(=O)OC(C)C)C1. The number of ether oxygens (including phenoxy) is 1. The van der Waals surface area contributed by atoms with Crippen LogP contribution in [-0.2, 0) is 11.3 Å². The molecule has 5 heteroatoms. The van der Waals surface area contributed by atoms with Gasteiger partial charge in [0.05, 0.1) is 6.10 Å². The molecule has 1 saturated heterocycles. The maximum Gasteiger partial charge on any atom is 0.342 e. The van der Waals surface area contributed by atoms with Crippen molar-refractivity contribution in [3.63, 3.8) is 0 Å². The quantitative estimate of drug-likeness (QED) is 0.435. The highest BCUT2D eigenvalue weighted by Crippen LogP contribution is 2.27. The number of pyridine rings is 1. The number of hydrogen-bond donors (Lipinski definition) is 0. The van der Waals surface area contributed by atoms with E-state index in [0.29, 0.717) is 11.6 Å². The van der Waals surface area contributed by atoms with Crippen LogP contribution in [0, 0.1) is 0 Å². The molecule has 0 N–H and O–H groups in total. The van der Waals surface area contributed by atoms with E-state index in [2.05, 4.69) is 70.2 Å². The molecule has 172 valence electrons. The molecule has 0 radical (unpaired) electrons. The van der Waals surface area contributed by atoms with Gasteiger partial charge in [-0.3, -0.25) is 4.90 Å². The highest BCUT2D eigenvalue weighted by molar-refractivity contribution is 5.95. The monoisotopic (exact) mass is 443 g/mol. The van der Waals surface area contributed by atoms with Crippen molar-refractivity contribution in [1.82, 2.24) is 9.88 Å². The molecule has 33 heavy (non-hydrogen) atoms. The van der Waals surface area contributed by atoms with Gasteiger partial charge in [0.25, 0.3) is 0 Å². The number of carbonyl (C=O) groups excluding carboxylic acids is 1. The summed E-state index contributed by atoms with van der Waals surface area (Å²) in [6.45, 7) is 9.56.